The molecule has 0 radical (unpaired) electrons. The van der Waals surface area contributed by atoms with E-state index in [1.54, 1.807) is 7.11 Å². The number of ether oxygens (including phenoxy) is 1. The summed E-state index contributed by atoms with van der Waals surface area (Å²) in [6.07, 6.45) is 3.04. The molecule has 0 aliphatic carbocycles. The molecule has 5 nitrogen and oxygen atoms in total. The Balaban J connectivity index is 3.02. The van der Waals surface area contributed by atoms with Crippen LogP contribution < -0.4 is 10.2 Å². The van der Waals surface area contributed by atoms with Gasteiger partial charge in [0.25, 0.3) is 0 Å². The first-order chi connectivity index (χ1) is 10.1. The molecule has 21 heavy (non-hydrogen) atoms. The quantitative estimate of drug-likeness (QED) is 0.718. The first-order valence-electron chi connectivity index (χ1n) is 7.99. The van der Waals surface area contributed by atoms with Gasteiger partial charge in [-0.15, -0.1) is 0 Å². The number of aromatic nitrogens is 2. The van der Waals surface area contributed by atoms with E-state index in [1.165, 1.54) is 0 Å². The van der Waals surface area contributed by atoms with Gasteiger partial charge in [-0.05, 0) is 26.7 Å². The third-order valence-corrected chi connectivity index (χ3v) is 3.24. The highest BCUT2D eigenvalue weighted by atomic mass is 16.5. The number of hydrogen-bond donors (Lipinski definition) is 1. The maximum Gasteiger partial charge on any atom is 0.134 e. The van der Waals surface area contributed by atoms with Crippen LogP contribution in [0.4, 0.5) is 11.6 Å². The summed E-state index contributed by atoms with van der Waals surface area (Å²) < 4.78 is 5.22. The van der Waals surface area contributed by atoms with Gasteiger partial charge in [-0.1, -0.05) is 13.8 Å². The molecular weight excluding hydrogens is 264 g/mol. The molecule has 120 valence electrons. The second-order valence-corrected chi connectivity index (χ2v) is 5.48. The van der Waals surface area contributed by atoms with Gasteiger partial charge in [0.2, 0.25) is 0 Å². The van der Waals surface area contributed by atoms with Gasteiger partial charge in [0, 0.05) is 38.7 Å². The van der Waals surface area contributed by atoms with Gasteiger partial charge in [0.15, 0.2) is 0 Å². The number of aryl methyl sites for hydroxylation is 1. The highest BCUT2D eigenvalue weighted by Crippen LogP contribution is 2.19. The fourth-order valence-electron chi connectivity index (χ4n) is 2.14. The standard InChI is InChI=1S/C16H30N4O/c1-6-8-14-18-15(17-9-7-2)12-16(19-14)20(13(3)4)10-11-21-5/h12-13H,6-11H2,1-5H3,(H,17,18,19). The van der Waals surface area contributed by atoms with E-state index >= 15 is 0 Å². The predicted octanol–water partition coefficient (Wildman–Crippen LogP) is 3.11. The van der Waals surface area contributed by atoms with Crippen LogP contribution in [0, 0.1) is 0 Å². The SMILES string of the molecule is CCCNc1cc(N(CCOC)C(C)C)nc(CCC)n1. The van der Waals surface area contributed by atoms with Crippen LogP contribution in [0.3, 0.4) is 0 Å². The van der Waals surface area contributed by atoms with Crippen molar-refractivity contribution in [1.82, 2.24) is 9.97 Å². The van der Waals surface area contributed by atoms with Crippen molar-refractivity contribution in [1.29, 1.82) is 0 Å². The Morgan fingerprint density at radius 1 is 1.24 bits per heavy atom. The second-order valence-electron chi connectivity index (χ2n) is 5.48. The van der Waals surface area contributed by atoms with Crippen LogP contribution in [0.15, 0.2) is 6.07 Å². The van der Waals surface area contributed by atoms with Crippen molar-refractivity contribution in [2.45, 2.75) is 53.0 Å². The number of rotatable bonds is 10. The van der Waals surface area contributed by atoms with E-state index in [0.29, 0.717) is 12.6 Å². The summed E-state index contributed by atoms with van der Waals surface area (Å²) in [7, 11) is 1.73. The lowest BCUT2D eigenvalue weighted by Crippen LogP contribution is -2.34. The molecule has 0 atom stereocenters. The monoisotopic (exact) mass is 294 g/mol. The normalized spacial score (nSPS) is 11.0. The Kier molecular flexibility index (Phi) is 8.05. The van der Waals surface area contributed by atoms with Gasteiger partial charge in [0.05, 0.1) is 6.61 Å². The molecule has 0 amide bonds. The Bertz CT molecular complexity index is 409. The van der Waals surface area contributed by atoms with Crippen molar-refractivity contribution in [3.63, 3.8) is 0 Å². The summed E-state index contributed by atoms with van der Waals surface area (Å²) in [5.41, 5.74) is 0. The molecule has 0 aliphatic rings. The van der Waals surface area contributed by atoms with Crippen molar-refractivity contribution in [2.75, 3.05) is 37.0 Å². The highest BCUT2D eigenvalue weighted by molar-refractivity contribution is 5.50. The van der Waals surface area contributed by atoms with E-state index in [0.717, 1.165) is 49.8 Å². The fraction of sp³-hybridized carbons (Fsp3) is 0.750. The zero-order valence-corrected chi connectivity index (χ0v) is 14.1. The summed E-state index contributed by atoms with van der Waals surface area (Å²) in [5.74, 6) is 2.82. The molecule has 0 saturated heterocycles. The Hall–Kier alpha value is -1.36. The average Bonchev–Trinajstić information content (AvgIpc) is 2.45. The maximum atomic E-state index is 5.22. The summed E-state index contributed by atoms with van der Waals surface area (Å²) in [4.78, 5) is 11.6. The number of nitrogens with zero attached hydrogens (tertiary/aromatic N) is 3. The largest absolute Gasteiger partial charge is 0.383 e. The first-order valence-corrected chi connectivity index (χ1v) is 7.99. The van der Waals surface area contributed by atoms with Crippen LogP contribution in [0.2, 0.25) is 0 Å². The Morgan fingerprint density at radius 2 is 2.00 bits per heavy atom. The van der Waals surface area contributed by atoms with Gasteiger partial charge in [-0.3, -0.25) is 0 Å². The van der Waals surface area contributed by atoms with Crippen molar-refractivity contribution in [3.8, 4) is 0 Å². The lowest BCUT2D eigenvalue weighted by Gasteiger charge is -2.28. The topological polar surface area (TPSA) is 50.3 Å². The highest BCUT2D eigenvalue weighted by Gasteiger charge is 2.14. The van der Waals surface area contributed by atoms with Gasteiger partial charge < -0.3 is 15.0 Å². The van der Waals surface area contributed by atoms with Gasteiger partial charge in [-0.25, -0.2) is 9.97 Å². The Labute approximate surface area is 129 Å². The molecule has 1 aromatic rings. The van der Waals surface area contributed by atoms with E-state index in [1.807, 2.05) is 6.07 Å². The molecule has 0 fully saturated rings. The molecular formula is C16H30N4O. The number of hydrogen-bond acceptors (Lipinski definition) is 5. The Morgan fingerprint density at radius 3 is 2.57 bits per heavy atom. The van der Waals surface area contributed by atoms with E-state index in [2.05, 4.69) is 42.9 Å². The lowest BCUT2D eigenvalue weighted by atomic mass is 10.3. The predicted molar refractivity (Wildman–Crippen MR) is 89.2 cm³/mol. The third-order valence-electron chi connectivity index (χ3n) is 3.24. The summed E-state index contributed by atoms with van der Waals surface area (Å²) in [5, 5.41) is 3.37. The number of anilines is 2. The number of methoxy groups -OCH3 is 1. The first kappa shape index (κ1) is 17.7. The molecule has 0 bridgehead atoms. The molecule has 5 heteroatoms. The molecule has 0 saturated carbocycles. The third kappa shape index (κ3) is 5.87. The summed E-state index contributed by atoms with van der Waals surface area (Å²) >= 11 is 0. The van der Waals surface area contributed by atoms with Crippen molar-refractivity contribution < 1.29 is 4.74 Å². The minimum absolute atomic E-state index is 0.378. The molecule has 0 unspecified atom stereocenters. The van der Waals surface area contributed by atoms with Crippen molar-refractivity contribution in [3.05, 3.63) is 11.9 Å². The van der Waals surface area contributed by atoms with Crippen LogP contribution in [-0.2, 0) is 11.2 Å². The minimum Gasteiger partial charge on any atom is -0.383 e. The average molecular weight is 294 g/mol. The summed E-state index contributed by atoms with van der Waals surface area (Å²) in [6, 6.07) is 2.42. The van der Waals surface area contributed by atoms with E-state index in [9.17, 15) is 0 Å². The van der Waals surface area contributed by atoms with Crippen LogP contribution in [-0.4, -0.2) is 42.8 Å². The van der Waals surface area contributed by atoms with E-state index < -0.39 is 0 Å². The van der Waals surface area contributed by atoms with Crippen molar-refractivity contribution >= 4 is 11.6 Å². The fourth-order valence-corrected chi connectivity index (χ4v) is 2.14. The lowest BCUT2D eigenvalue weighted by molar-refractivity contribution is 0.203. The molecule has 1 N–H and O–H groups in total. The maximum absolute atomic E-state index is 5.22. The van der Waals surface area contributed by atoms with E-state index in [4.69, 9.17) is 9.72 Å². The smallest absolute Gasteiger partial charge is 0.134 e. The van der Waals surface area contributed by atoms with Gasteiger partial charge in [-0.2, -0.15) is 0 Å². The molecule has 1 rings (SSSR count). The van der Waals surface area contributed by atoms with Crippen LogP contribution >= 0.6 is 0 Å². The molecule has 1 heterocycles. The zero-order valence-electron chi connectivity index (χ0n) is 14.1. The van der Waals surface area contributed by atoms with Crippen molar-refractivity contribution in [2.24, 2.45) is 0 Å². The van der Waals surface area contributed by atoms with Crippen LogP contribution in [0.5, 0.6) is 0 Å². The van der Waals surface area contributed by atoms with E-state index in [-0.39, 0.29) is 0 Å². The number of nitrogens with one attached hydrogen (secondary N) is 1. The zero-order chi connectivity index (χ0) is 15.7. The molecule has 0 spiro atoms. The molecule has 1 aromatic heterocycles. The molecule has 0 aliphatic heterocycles. The molecule has 0 aromatic carbocycles. The second kappa shape index (κ2) is 9.55. The summed E-state index contributed by atoms with van der Waals surface area (Å²) in [6.45, 7) is 11.1. The van der Waals surface area contributed by atoms with Crippen LogP contribution in [0.1, 0.15) is 46.4 Å². The van der Waals surface area contributed by atoms with Gasteiger partial charge in [0.1, 0.15) is 17.5 Å². The minimum atomic E-state index is 0.378. The van der Waals surface area contributed by atoms with Gasteiger partial charge >= 0.3 is 0 Å². The van der Waals surface area contributed by atoms with Crippen LogP contribution in [0.25, 0.3) is 0 Å².